The van der Waals surface area contributed by atoms with Gasteiger partial charge in [0.1, 0.15) is 0 Å². The molecule has 3 nitrogen and oxygen atoms in total. The first kappa shape index (κ1) is 13.9. The van der Waals surface area contributed by atoms with Crippen molar-refractivity contribution < 1.29 is 0 Å². The van der Waals surface area contributed by atoms with Gasteiger partial charge < -0.3 is 10.6 Å². The van der Waals surface area contributed by atoms with Crippen LogP contribution in [0.1, 0.15) is 27.2 Å². The Morgan fingerprint density at radius 2 is 2.00 bits per heavy atom. The first-order valence-corrected chi connectivity index (χ1v) is 6.61. The molecule has 96 valence electrons. The van der Waals surface area contributed by atoms with E-state index in [-0.39, 0.29) is 0 Å². The molecular formula is C13H29N3. The van der Waals surface area contributed by atoms with Crippen LogP contribution >= 0.6 is 0 Å². The largest absolute Gasteiger partial charge is 0.329 e. The molecule has 1 aliphatic heterocycles. The average Bonchev–Trinajstić information content (AvgIpc) is 2.61. The van der Waals surface area contributed by atoms with Gasteiger partial charge in [-0.25, -0.2) is 0 Å². The highest BCUT2D eigenvalue weighted by molar-refractivity contribution is 4.91. The zero-order chi connectivity index (χ0) is 12.3. The van der Waals surface area contributed by atoms with Gasteiger partial charge in [-0.1, -0.05) is 27.2 Å². The minimum atomic E-state index is 0.567. The molecule has 1 saturated heterocycles. The van der Waals surface area contributed by atoms with Crippen molar-refractivity contribution in [3.05, 3.63) is 0 Å². The second kappa shape index (κ2) is 5.99. The van der Waals surface area contributed by atoms with E-state index in [0.29, 0.717) is 18.0 Å². The van der Waals surface area contributed by atoms with Crippen molar-refractivity contribution in [3.63, 3.8) is 0 Å². The van der Waals surface area contributed by atoms with Crippen LogP contribution in [0.3, 0.4) is 0 Å². The number of nitrogens with two attached hydrogens (primary N) is 1. The molecule has 0 aromatic carbocycles. The second-order valence-electron chi connectivity index (χ2n) is 5.65. The van der Waals surface area contributed by atoms with Crippen LogP contribution in [0.15, 0.2) is 0 Å². The van der Waals surface area contributed by atoms with Crippen molar-refractivity contribution in [3.8, 4) is 0 Å². The van der Waals surface area contributed by atoms with Crippen LogP contribution in [0.4, 0.5) is 0 Å². The lowest BCUT2D eigenvalue weighted by molar-refractivity contribution is 0.170. The molecule has 1 fully saturated rings. The molecule has 0 bridgehead atoms. The summed E-state index contributed by atoms with van der Waals surface area (Å²) in [4.78, 5) is 4.96. The highest BCUT2D eigenvalue weighted by Gasteiger charge is 2.35. The highest BCUT2D eigenvalue weighted by Crippen LogP contribution is 2.25. The van der Waals surface area contributed by atoms with E-state index in [1.54, 1.807) is 0 Å². The summed E-state index contributed by atoms with van der Waals surface area (Å²) in [6, 6.07) is 1.26. The summed E-state index contributed by atoms with van der Waals surface area (Å²) >= 11 is 0. The maximum atomic E-state index is 5.94. The van der Waals surface area contributed by atoms with E-state index in [2.05, 4.69) is 44.7 Å². The summed E-state index contributed by atoms with van der Waals surface area (Å²) < 4.78 is 0. The number of rotatable bonds is 5. The van der Waals surface area contributed by atoms with Crippen LogP contribution in [0.2, 0.25) is 0 Å². The van der Waals surface area contributed by atoms with E-state index in [4.69, 9.17) is 5.73 Å². The van der Waals surface area contributed by atoms with E-state index in [0.717, 1.165) is 12.5 Å². The summed E-state index contributed by atoms with van der Waals surface area (Å²) in [6.45, 7) is 10.1. The smallest absolute Gasteiger partial charge is 0.0254 e. The SMILES string of the molecule is CCC(C)C(CN)N1CC(C)C(N(C)C)C1. The van der Waals surface area contributed by atoms with Gasteiger partial charge in [-0.05, 0) is 25.9 Å². The monoisotopic (exact) mass is 227 g/mol. The average molecular weight is 227 g/mol. The minimum Gasteiger partial charge on any atom is -0.329 e. The fourth-order valence-electron chi connectivity index (χ4n) is 2.94. The van der Waals surface area contributed by atoms with E-state index < -0.39 is 0 Å². The van der Waals surface area contributed by atoms with Gasteiger partial charge in [-0.3, -0.25) is 4.90 Å². The van der Waals surface area contributed by atoms with Gasteiger partial charge in [0.25, 0.3) is 0 Å². The molecule has 0 aromatic rings. The molecule has 16 heavy (non-hydrogen) atoms. The lowest BCUT2D eigenvalue weighted by Gasteiger charge is -2.31. The topological polar surface area (TPSA) is 32.5 Å². The van der Waals surface area contributed by atoms with Crippen molar-refractivity contribution >= 4 is 0 Å². The summed E-state index contributed by atoms with van der Waals surface area (Å²) in [7, 11) is 4.37. The number of nitrogens with zero attached hydrogens (tertiary/aromatic N) is 2. The predicted molar refractivity (Wildman–Crippen MR) is 70.5 cm³/mol. The van der Waals surface area contributed by atoms with Crippen LogP contribution in [-0.4, -0.2) is 55.6 Å². The second-order valence-corrected chi connectivity index (χ2v) is 5.65. The number of likely N-dealkylation sites (tertiary alicyclic amines) is 1. The number of hydrogen-bond acceptors (Lipinski definition) is 3. The minimum absolute atomic E-state index is 0.567. The maximum Gasteiger partial charge on any atom is 0.0254 e. The Bertz CT molecular complexity index is 205. The molecule has 1 aliphatic rings. The third-order valence-electron chi connectivity index (χ3n) is 4.28. The van der Waals surface area contributed by atoms with E-state index in [1.165, 1.54) is 19.5 Å². The van der Waals surface area contributed by atoms with Gasteiger partial charge in [0.15, 0.2) is 0 Å². The van der Waals surface area contributed by atoms with E-state index in [9.17, 15) is 0 Å². The van der Waals surface area contributed by atoms with Crippen LogP contribution < -0.4 is 5.73 Å². The van der Waals surface area contributed by atoms with E-state index in [1.807, 2.05) is 0 Å². The first-order chi connectivity index (χ1) is 7.51. The Morgan fingerprint density at radius 1 is 1.38 bits per heavy atom. The quantitative estimate of drug-likeness (QED) is 0.767. The molecule has 0 amide bonds. The van der Waals surface area contributed by atoms with E-state index >= 15 is 0 Å². The fourth-order valence-corrected chi connectivity index (χ4v) is 2.94. The molecule has 4 atom stereocenters. The van der Waals surface area contributed by atoms with Gasteiger partial charge >= 0.3 is 0 Å². The molecule has 0 aliphatic carbocycles. The molecule has 0 radical (unpaired) electrons. The van der Waals surface area contributed by atoms with Gasteiger partial charge in [-0.15, -0.1) is 0 Å². The summed E-state index contributed by atoms with van der Waals surface area (Å²) in [5.74, 6) is 1.46. The third-order valence-corrected chi connectivity index (χ3v) is 4.28. The normalized spacial score (nSPS) is 30.9. The third kappa shape index (κ3) is 2.96. The van der Waals surface area contributed by atoms with Crippen LogP contribution in [0, 0.1) is 11.8 Å². The van der Waals surface area contributed by atoms with Crippen LogP contribution in [0.5, 0.6) is 0 Å². The molecule has 0 spiro atoms. The van der Waals surface area contributed by atoms with Crippen molar-refractivity contribution in [2.24, 2.45) is 17.6 Å². The molecule has 0 saturated carbocycles. The van der Waals surface area contributed by atoms with Crippen molar-refractivity contribution in [2.75, 3.05) is 33.7 Å². The number of hydrogen-bond donors (Lipinski definition) is 1. The lowest BCUT2D eigenvalue weighted by Crippen LogP contribution is -2.44. The molecule has 3 heteroatoms. The summed E-state index contributed by atoms with van der Waals surface area (Å²) in [6.07, 6.45) is 1.22. The van der Waals surface area contributed by atoms with Gasteiger partial charge in [0, 0.05) is 31.7 Å². The highest BCUT2D eigenvalue weighted by atomic mass is 15.3. The van der Waals surface area contributed by atoms with Crippen molar-refractivity contribution in [2.45, 2.75) is 39.3 Å². The fraction of sp³-hybridized carbons (Fsp3) is 1.00. The molecular weight excluding hydrogens is 198 g/mol. The zero-order valence-electron chi connectivity index (χ0n) is 11.6. The first-order valence-electron chi connectivity index (χ1n) is 6.61. The van der Waals surface area contributed by atoms with Crippen LogP contribution in [0.25, 0.3) is 0 Å². The summed E-state index contributed by atoms with van der Waals surface area (Å²) in [5.41, 5.74) is 5.94. The van der Waals surface area contributed by atoms with Gasteiger partial charge in [0.2, 0.25) is 0 Å². The molecule has 1 rings (SSSR count). The van der Waals surface area contributed by atoms with Crippen molar-refractivity contribution in [1.82, 2.24) is 9.80 Å². The molecule has 1 heterocycles. The Hall–Kier alpha value is -0.120. The van der Waals surface area contributed by atoms with Crippen molar-refractivity contribution in [1.29, 1.82) is 0 Å². The molecule has 4 unspecified atom stereocenters. The Balaban J connectivity index is 2.62. The Morgan fingerprint density at radius 3 is 2.38 bits per heavy atom. The summed E-state index contributed by atoms with van der Waals surface area (Å²) in [5, 5.41) is 0. The van der Waals surface area contributed by atoms with Crippen LogP contribution in [-0.2, 0) is 0 Å². The van der Waals surface area contributed by atoms with Gasteiger partial charge in [-0.2, -0.15) is 0 Å². The zero-order valence-corrected chi connectivity index (χ0v) is 11.6. The predicted octanol–water partition coefficient (Wildman–Crippen LogP) is 1.24. The standard InChI is InChI=1S/C13H29N3/c1-6-10(2)12(7-14)16-8-11(3)13(9-16)15(4)5/h10-13H,6-9,14H2,1-5H3. The maximum absolute atomic E-state index is 5.94. The Labute approximate surface area is 101 Å². The van der Waals surface area contributed by atoms with Gasteiger partial charge in [0.05, 0.1) is 0 Å². The molecule has 0 aromatic heterocycles. The lowest BCUT2D eigenvalue weighted by atomic mass is 9.98. The molecule has 2 N–H and O–H groups in total. The Kier molecular flexibility index (Phi) is 5.22. The number of likely N-dealkylation sites (N-methyl/N-ethyl adjacent to an activating group) is 1.